The van der Waals surface area contributed by atoms with Crippen LogP contribution in [0.4, 0.5) is 0 Å². The zero-order valence-corrected chi connectivity index (χ0v) is 33.0. The van der Waals surface area contributed by atoms with Crippen molar-refractivity contribution in [2.24, 2.45) is 0 Å². The molecule has 2 bridgehead atoms. The van der Waals surface area contributed by atoms with Gasteiger partial charge in [0.15, 0.2) is 28.5 Å². The van der Waals surface area contributed by atoms with E-state index >= 15 is 0 Å². The number of aryl methyl sites for hydroxylation is 1. The number of carbonyl (C=O) groups is 2. The SMILES string of the molecule is COc1c(C)cc2c(c1O)[C@@H]1C3[C@@H]4SC[C@]5(N[C@H](CO)Cc6c5[nH]c5ccccc65)C(=O)OC[C@@H](c5c6c(c(C)c(OC(C)=O)c54)OCO6)N3[C@@H](O)[C@@H]3C[C@@]2(C)N13. The van der Waals surface area contributed by atoms with Crippen molar-refractivity contribution >= 4 is 34.6 Å². The Bertz CT molecular complexity index is 2450. The summed E-state index contributed by atoms with van der Waals surface area (Å²) in [5.41, 5.74) is 5.06. The number of nitrogens with one attached hydrogen (secondary N) is 2. The Kier molecular flexibility index (Phi) is 7.52. The summed E-state index contributed by atoms with van der Waals surface area (Å²) in [6, 6.07) is 7.45. The van der Waals surface area contributed by atoms with Gasteiger partial charge in [-0.25, -0.2) is 4.79 Å². The van der Waals surface area contributed by atoms with E-state index in [-0.39, 0.29) is 37.6 Å². The number of aliphatic hydroxyl groups is 2. The van der Waals surface area contributed by atoms with Gasteiger partial charge in [-0.15, -0.1) is 11.8 Å². The van der Waals surface area contributed by atoms with Crippen LogP contribution in [0.2, 0.25) is 0 Å². The molecule has 8 aliphatic rings. The highest BCUT2D eigenvalue weighted by molar-refractivity contribution is 7.99. The van der Waals surface area contributed by atoms with E-state index in [1.54, 1.807) is 7.11 Å². The molecule has 3 saturated heterocycles. The molecule has 8 aliphatic heterocycles. The summed E-state index contributed by atoms with van der Waals surface area (Å²) >= 11 is 1.49. The molecule has 1 aromatic heterocycles. The number of ether oxygens (including phenoxy) is 5. The van der Waals surface area contributed by atoms with E-state index < -0.39 is 58.7 Å². The van der Waals surface area contributed by atoms with Crippen molar-refractivity contribution in [1.29, 1.82) is 0 Å². The van der Waals surface area contributed by atoms with E-state index in [0.717, 1.165) is 33.2 Å². The van der Waals surface area contributed by atoms with Crippen LogP contribution in [0.3, 0.4) is 0 Å². The molecule has 3 aromatic carbocycles. The van der Waals surface area contributed by atoms with Gasteiger partial charge in [-0.3, -0.25) is 19.9 Å². The smallest absolute Gasteiger partial charge is 0.333 e. The molecule has 15 heteroatoms. The Balaban J connectivity index is 1.18. The lowest BCUT2D eigenvalue weighted by Gasteiger charge is -2.67. The molecule has 3 fully saturated rings. The van der Waals surface area contributed by atoms with Gasteiger partial charge >= 0.3 is 11.9 Å². The third-order valence-electron chi connectivity index (χ3n) is 13.9. The summed E-state index contributed by atoms with van der Waals surface area (Å²) in [4.78, 5) is 36.0. The first-order valence-electron chi connectivity index (χ1n) is 19.5. The minimum absolute atomic E-state index is 0.0566. The van der Waals surface area contributed by atoms with E-state index in [1.807, 2.05) is 43.0 Å². The monoisotopic (exact) mass is 796 g/mol. The summed E-state index contributed by atoms with van der Waals surface area (Å²) in [6.45, 7) is 6.85. The number of benzene rings is 3. The summed E-state index contributed by atoms with van der Waals surface area (Å²) in [5, 5.41) is 39.4. The maximum Gasteiger partial charge on any atom is 0.333 e. The number of esters is 2. The maximum absolute atomic E-state index is 15.0. The zero-order chi connectivity index (χ0) is 39.4. The van der Waals surface area contributed by atoms with Crippen LogP contribution in [0.5, 0.6) is 28.7 Å². The number of hydrogen-bond acceptors (Lipinski definition) is 14. The highest BCUT2D eigenvalue weighted by Crippen LogP contribution is 2.70. The van der Waals surface area contributed by atoms with Gasteiger partial charge in [-0.2, -0.15) is 0 Å². The number of phenols is 1. The molecule has 0 amide bonds. The number of phenolic OH excluding ortho intramolecular Hbond substituents is 1. The molecule has 0 radical (unpaired) electrons. The highest BCUT2D eigenvalue weighted by Gasteiger charge is 2.71. The van der Waals surface area contributed by atoms with Gasteiger partial charge in [0.2, 0.25) is 6.79 Å². The van der Waals surface area contributed by atoms with Crippen LogP contribution in [-0.2, 0) is 31.8 Å². The number of carbonyl (C=O) groups excluding carboxylic acids is 2. The second-order valence-corrected chi connectivity index (χ2v) is 17.9. The Morgan fingerprint density at radius 1 is 1.11 bits per heavy atom. The van der Waals surface area contributed by atoms with Crippen molar-refractivity contribution in [1.82, 2.24) is 20.1 Å². The van der Waals surface area contributed by atoms with Crippen LogP contribution in [0.25, 0.3) is 10.9 Å². The molecule has 298 valence electrons. The molecule has 14 nitrogen and oxygen atoms in total. The molecule has 1 spiro atoms. The van der Waals surface area contributed by atoms with Gasteiger partial charge in [0.25, 0.3) is 0 Å². The number of H-pyrrole nitrogens is 1. The largest absolute Gasteiger partial charge is 0.504 e. The van der Waals surface area contributed by atoms with Crippen LogP contribution < -0.4 is 24.3 Å². The molecule has 1 unspecified atom stereocenters. The third kappa shape index (κ3) is 4.39. The number of piperazine rings is 1. The van der Waals surface area contributed by atoms with E-state index in [9.17, 15) is 24.9 Å². The predicted octanol–water partition coefficient (Wildman–Crippen LogP) is 3.99. The molecule has 9 heterocycles. The number of aromatic nitrogens is 1. The molecular formula is C42H44N4O10S. The number of fused-ring (bicyclic) bond motifs is 10. The number of aliphatic hydroxyl groups excluding tert-OH is 2. The Labute approximate surface area is 332 Å². The topological polar surface area (TPSA) is 175 Å². The summed E-state index contributed by atoms with van der Waals surface area (Å²) < 4.78 is 30.8. The van der Waals surface area contributed by atoms with Gasteiger partial charge < -0.3 is 44.0 Å². The number of aromatic amines is 1. The van der Waals surface area contributed by atoms with Crippen LogP contribution >= 0.6 is 11.8 Å². The molecule has 9 atom stereocenters. The Hall–Kier alpha value is -4.51. The van der Waals surface area contributed by atoms with Gasteiger partial charge in [-0.05, 0) is 62.4 Å². The number of thioether (sulfide) groups is 1. The zero-order valence-electron chi connectivity index (χ0n) is 32.2. The van der Waals surface area contributed by atoms with Crippen LogP contribution in [-0.4, -0.2) is 99.3 Å². The first-order valence-corrected chi connectivity index (χ1v) is 20.5. The normalized spacial score (nSPS) is 33.2. The fourth-order valence-corrected chi connectivity index (χ4v) is 13.4. The van der Waals surface area contributed by atoms with Crippen molar-refractivity contribution in [3.63, 3.8) is 0 Å². The van der Waals surface area contributed by atoms with Gasteiger partial charge in [0, 0.05) is 63.5 Å². The van der Waals surface area contributed by atoms with E-state index in [2.05, 4.69) is 28.2 Å². The second kappa shape index (κ2) is 12.0. The minimum atomic E-state index is -1.42. The summed E-state index contributed by atoms with van der Waals surface area (Å²) in [7, 11) is 1.55. The van der Waals surface area contributed by atoms with Crippen LogP contribution in [0.15, 0.2) is 30.3 Å². The highest BCUT2D eigenvalue weighted by atomic mass is 32.2. The Morgan fingerprint density at radius 2 is 1.89 bits per heavy atom. The van der Waals surface area contributed by atoms with Crippen molar-refractivity contribution in [3.05, 3.63) is 75.0 Å². The molecule has 12 rings (SSSR count). The number of rotatable bonds is 3. The fourth-order valence-electron chi connectivity index (χ4n) is 11.7. The molecule has 4 aromatic rings. The lowest BCUT2D eigenvalue weighted by molar-refractivity contribution is -0.249. The molecule has 0 aliphatic carbocycles. The van der Waals surface area contributed by atoms with Gasteiger partial charge in [0.05, 0.1) is 42.8 Å². The van der Waals surface area contributed by atoms with Crippen molar-refractivity contribution in [2.75, 3.05) is 32.9 Å². The van der Waals surface area contributed by atoms with E-state index in [1.165, 1.54) is 18.7 Å². The standard InChI is InChI=1S/C42H44N4O10S/c1-17-10-23-27(32(49)33(17)52-5)30-31-37-29-28(36-35(54-16-55-36)18(2)34(29)56-19(3)48)26(45(31)39(50)25-12-41(23,4)46(25)30)14-53-40(51)42(15-57-37)38-22(11-20(13-47)44-42)21-8-6-7-9-24(21)43-38/h6-10,20,25-26,30-31,37,39,43-44,47,49-50H,11-16H2,1-5H3/t20-,25-,26-,30+,31?,37+,39-,41+,42+/m0/s1. The number of nitrogens with zero attached hydrogens (tertiary/aromatic N) is 2. The number of hydrogen-bond donors (Lipinski definition) is 5. The molecule has 0 saturated carbocycles. The first-order chi connectivity index (χ1) is 27.4. The van der Waals surface area contributed by atoms with E-state index in [4.69, 9.17) is 23.7 Å². The summed E-state index contributed by atoms with van der Waals surface area (Å²) in [5.74, 6) is 0.812. The van der Waals surface area contributed by atoms with Crippen molar-refractivity contribution in [3.8, 4) is 28.7 Å². The Morgan fingerprint density at radius 3 is 2.67 bits per heavy atom. The molecule has 5 N–H and O–H groups in total. The predicted molar refractivity (Wildman–Crippen MR) is 207 cm³/mol. The van der Waals surface area contributed by atoms with E-state index in [0.29, 0.717) is 58.2 Å². The van der Waals surface area contributed by atoms with Crippen LogP contribution in [0, 0.1) is 13.8 Å². The van der Waals surface area contributed by atoms with Gasteiger partial charge in [0.1, 0.15) is 18.6 Å². The number of para-hydroxylation sites is 1. The quantitative estimate of drug-likeness (QED) is 0.149. The lowest BCUT2D eigenvalue weighted by atomic mass is 9.72. The van der Waals surface area contributed by atoms with Crippen LogP contribution in [0.1, 0.15) is 82.2 Å². The molecule has 57 heavy (non-hydrogen) atoms. The van der Waals surface area contributed by atoms with Gasteiger partial charge in [-0.1, -0.05) is 18.2 Å². The fraction of sp³-hybridized carbons (Fsp3) is 0.476. The minimum Gasteiger partial charge on any atom is -0.504 e. The molecular weight excluding hydrogens is 753 g/mol. The average molecular weight is 797 g/mol. The number of aromatic hydroxyl groups is 1. The maximum atomic E-state index is 15.0. The third-order valence-corrected chi connectivity index (χ3v) is 15.4. The second-order valence-electron chi connectivity index (χ2n) is 16.7. The lowest BCUT2D eigenvalue weighted by Crippen LogP contribution is -2.75. The summed E-state index contributed by atoms with van der Waals surface area (Å²) in [6.07, 6.45) is 0.128. The van der Waals surface area contributed by atoms with Crippen molar-refractivity contribution < 1.29 is 48.6 Å². The first kappa shape index (κ1) is 35.6. The van der Waals surface area contributed by atoms with Crippen molar-refractivity contribution in [2.45, 2.75) is 93.3 Å². The number of methoxy groups -OCH3 is 1. The average Bonchev–Trinajstić information content (AvgIpc) is 3.88.